The third-order valence-electron chi connectivity index (χ3n) is 4.45. The largest absolute Gasteiger partial charge is 0.483 e. The van der Waals surface area contributed by atoms with E-state index in [0.29, 0.717) is 37.3 Å². The quantitative estimate of drug-likeness (QED) is 0.623. The molecule has 146 valence electrons. The van der Waals surface area contributed by atoms with Gasteiger partial charge in [-0.25, -0.2) is 4.98 Å². The first-order valence-electron chi connectivity index (χ1n) is 8.58. The van der Waals surface area contributed by atoms with E-state index in [9.17, 15) is 9.59 Å². The molecular weight excluding hydrogens is 366 g/mol. The third-order valence-corrected chi connectivity index (χ3v) is 4.45. The van der Waals surface area contributed by atoms with Crippen molar-refractivity contribution in [2.45, 2.75) is 19.4 Å². The molecule has 3 aromatic rings. The standard InChI is InChI=1S/C17H17N5O3.CH2O2/c18-17(24)13-10-22-8-7-21(6-5-15(22)19-13)16(23)9-12-11-3-1-2-4-14(11)25-20-12;2-1-3/h1-4,10H,5-9H2,(H2,18,24);1H,(H,2,3). The maximum absolute atomic E-state index is 12.7. The number of fused-ring (bicyclic) bond motifs is 2. The van der Waals surface area contributed by atoms with Gasteiger partial charge in [-0.15, -0.1) is 0 Å². The van der Waals surface area contributed by atoms with Gasteiger partial charge in [0.25, 0.3) is 12.4 Å². The number of amides is 2. The predicted molar refractivity (Wildman–Crippen MR) is 97.4 cm³/mol. The van der Waals surface area contributed by atoms with Crippen molar-refractivity contribution in [3.05, 3.63) is 47.7 Å². The Labute approximate surface area is 159 Å². The fourth-order valence-electron chi connectivity index (χ4n) is 3.11. The van der Waals surface area contributed by atoms with Crippen molar-refractivity contribution in [1.29, 1.82) is 0 Å². The van der Waals surface area contributed by atoms with Crippen LogP contribution in [0.3, 0.4) is 0 Å². The molecule has 0 fully saturated rings. The minimum Gasteiger partial charge on any atom is -0.483 e. The Hall–Kier alpha value is -3.69. The number of imidazole rings is 1. The van der Waals surface area contributed by atoms with E-state index in [0.717, 1.165) is 11.2 Å². The molecule has 1 aliphatic heterocycles. The lowest BCUT2D eigenvalue weighted by molar-refractivity contribution is -0.130. The van der Waals surface area contributed by atoms with Gasteiger partial charge in [0.05, 0.1) is 6.42 Å². The third kappa shape index (κ3) is 4.00. The van der Waals surface area contributed by atoms with E-state index in [1.807, 2.05) is 28.8 Å². The molecule has 1 aliphatic rings. The first-order valence-corrected chi connectivity index (χ1v) is 8.58. The van der Waals surface area contributed by atoms with Crippen molar-refractivity contribution in [3.63, 3.8) is 0 Å². The minimum absolute atomic E-state index is 0.0000640. The molecule has 0 spiro atoms. The predicted octanol–water partition coefficient (Wildman–Crippen LogP) is 0.451. The zero-order valence-electron chi connectivity index (χ0n) is 14.9. The number of nitrogens with two attached hydrogens (primary N) is 1. The lowest BCUT2D eigenvalue weighted by Crippen LogP contribution is -2.35. The van der Waals surface area contributed by atoms with Crippen LogP contribution in [0.25, 0.3) is 11.0 Å². The van der Waals surface area contributed by atoms with Gasteiger partial charge in [-0.1, -0.05) is 17.3 Å². The molecule has 0 bridgehead atoms. The summed E-state index contributed by atoms with van der Waals surface area (Å²) in [5, 5.41) is 11.8. The highest BCUT2D eigenvalue weighted by Gasteiger charge is 2.22. The average Bonchev–Trinajstić information content (AvgIpc) is 3.22. The molecule has 10 heteroatoms. The summed E-state index contributed by atoms with van der Waals surface area (Å²) >= 11 is 0. The first kappa shape index (κ1) is 19.1. The monoisotopic (exact) mass is 385 g/mol. The molecule has 2 amide bonds. The maximum atomic E-state index is 12.7. The Bertz CT molecular complexity index is 983. The van der Waals surface area contributed by atoms with Crippen molar-refractivity contribution in [3.8, 4) is 0 Å². The number of nitrogens with zero attached hydrogens (tertiary/aromatic N) is 4. The molecule has 10 nitrogen and oxygen atoms in total. The zero-order valence-corrected chi connectivity index (χ0v) is 14.9. The number of benzene rings is 1. The van der Waals surface area contributed by atoms with E-state index in [-0.39, 0.29) is 24.5 Å². The van der Waals surface area contributed by atoms with Crippen LogP contribution in [0.1, 0.15) is 22.0 Å². The van der Waals surface area contributed by atoms with Gasteiger partial charge in [-0.05, 0) is 12.1 Å². The second-order valence-electron chi connectivity index (χ2n) is 6.14. The number of hydrogen-bond donors (Lipinski definition) is 2. The van der Waals surface area contributed by atoms with E-state index >= 15 is 0 Å². The summed E-state index contributed by atoms with van der Waals surface area (Å²) in [7, 11) is 0. The van der Waals surface area contributed by atoms with Gasteiger partial charge < -0.3 is 24.8 Å². The fraction of sp³-hybridized carbons (Fsp3) is 0.278. The van der Waals surface area contributed by atoms with Gasteiger partial charge in [-0.3, -0.25) is 14.4 Å². The maximum Gasteiger partial charge on any atom is 0.290 e. The lowest BCUT2D eigenvalue weighted by Gasteiger charge is -2.19. The normalized spacial score (nSPS) is 13.2. The topological polar surface area (TPSA) is 145 Å². The van der Waals surface area contributed by atoms with E-state index in [1.54, 1.807) is 11.1 Å². The van der Waals surface area contributed by atoms with Crippen LogP contribution in [0, 0.1) is 0 Å². The molecule has 28 heavy (non-hydrogen) atoms. The van der Waals surface area contributed by atoms with Crippen molar-refractivity contribution < 1.29 is 24.0 Å². The van der Waals surface area contributed by atoms with Gasteiger partial charge in [0.2, 0.25) is 5.91 Å². The number of primary amides is 1. The highest BCUT2D eigenvalue weighted by molar-refractivity contribution is 5.90. The Balaban J connectivity index is 0.000000706. The van der Waals surface area contributed by atoms with Crippen LogP contribution in [-0.4, -0.2) is 56.1 Å². The number of carbonyl (C=O) groups excluding carboxylic acids is 2. The number of hydrogen-bond acceptors (Lipinski definition) is 6. The Morgan fingerprint density at radius 2 is 2.00 bits per heavy atom. The average molecular weight is 385 g/mol. The molecule has 0 radical (unpaired) electrons. The number of carboxylic acid groups (broad SMARTS) is 1. The van der Waals surface area contributed by atoms with Crippen molar-refractivity contribution >= 4 is 29.3 Å². The summed E-state index contributed by atoms with van der Waals surface area (Å²) in [6, 6.07) is 7.50. The van der Waals surface area contributed by atoms with Crippen LogP contribution in [0.5, 0.6) is 0 Å². The summed E-state index contributed by atoms with van der Waals surface area (Å²) in [5.41, 5.74) is 6.87. The number of para-hydroxylation sites is 1. The molecule has 4 rings (SSSR count). The minimum atomic E-state index is -0.536. The van der Waals surface area contributed by atoms with Gasteiger partial charge >= 0.3 is 0 Å². The summed E-state index contributed by atoms with van der Waals surface area (Å²) in [5.74, 6) is 0.238. The van der Waals surface area contributed by atoms with Crippen LogP contribution >= 0.6 is 0 Å². The second-order valence-corrected chi connectivity index (χ2v) is 6.14. The Morgan fingerprint density at radius 1 is 1.25 bits per heavy atom. The van der Waals surface area contributed by atoms with Crippen molar-refractivity contribution in [1.82, 2.24) is 19.6 Å². The van der Waals surface area contributed by atoms with Crippen LogP contribution in [-0.2, 0) is 29.0 Å². The van der Waals surface area contributed by atoms with Crippen LogP contribution in [0.2, 0.25) is 0 Å². The summed E-state index contributed by atoms with van der Waals surface area (Å²) in [6.45, 7) is 1.43. The molecule has 3 heterocycles. The van der Waals surface area contributed by atoms with E-state index in [2.05, 4.69) is 10.1 Å². The lowest BCUT2D eigenvalue weighted by atomic mass is 10.1. The summed E-state index contributed by atoms with van der Waals surface area (Å²) in [4.78, 5) is 38.3. The summed E-state index contributed by atoms with van der Waals surface area (Å²) < 4.78 is 7.14. The fourth-order valence-corrected chi connectivity index (χ4v) is 3.11. The van der Waals surface area contributed by atoms with Crippen LogP contribution in [0.4, 0.5) is 0 Å². The van der Waals surface area contributed by atoms with Gasteiger partial charge in [0, 0.05) is 37.6 Å². The Kier molecular flexibility index (Phi) is 5.68. The van der Waals surface area contributed by atoms with Gasteiger partial charge in [0.1, 0.15) is 17.2 Å². The SMILES string of the molecule is NC(=O)c1cn2c(n1)CCN(C(=O)Cc1noc3ccccc13)CC2.O=CO. The molecule has 3 N–H and O–H groups in total. The molecule has 0 saturated carbocycles. The van der Waals surface area contributed by atoms with Crippen molar-refractivity contribution in [2.24, 2.45) is 5.73 Å². The number of aromatic nitrogens is 3. The smallest absolute Gasteiger partial charge is 0.290 e. The first-order chi connectivity index (χ1) is 13.5. The molecular formula is C18H19N5O5. The second kappa shape index (κ2) is 8.33. The van der Waals surface area contributed by atoms with Crippen LogP contribution < -0.4 is 5.73 Å². The van der Waals surface area contributed by atoms with E-state index < -0.39 is 5.91 Å². The highest BCUT2D eigenvalue weighted by atomic mass is 16.5. The molecule has 1 aromatic carbocycles. The number of rotatable bonds is 3. The molecule has 2 aromatic heterocycles. The van der Waals surface area contributed by atoms with E-state index in [1.165, 1.54) is 0 Å². The highest BCUT2D eigenvalue weighted by Crippen LogP contribution is 2.19. The van der Waals surface area contributed by atoms with Gasteiger partial charge in [0.15, 0.2) is 5.58 Å². The molecule has 0 unspecified atom stereocenters. The summed E-state index contributed by atoms with van der Waals surface area (Å²) in [6.07, 6.45) is 2.43. The zero-order chi connectivity index (χ0) is 20.1. The Morgan fingerprint density at radius 3 is 2.75 bits per heavy atom. The van der Waals surface area contributed by atoms with Gasteiger partial charge in [-0.2, -0.15) is 0 Å². The van der Waals surface area contributed by atoms with Crippen LogP contribution in [0.15, 0.2) is 35.0 Å². The molecule has 0 atom stereocenters. The molecule has 0 saturated heterocycles. The molecule has 0 aliphatic carbocycles. The number of carbonyl (C=O) groups is 3. The van der Waals surface area contributed by atoms with Crippen molar-refractivity contribution in [2.75, 3.05) is 13.1 Å². The van der Waals surface area contributed by atoms with E-state index in [4.69, 9.17) is 20.2 Å².